The third kappa shape index (κ3) is 2.63. The van der Waals surface area contributed by atoms with Gasteiger partial charge < -0.3 is 14.5 Å². The van der Waals surface area contributed by atoms with Crippen LogP contribution in [-0.4, -0.2) is 40.3 Å². The molecule has 126 valence electrons. The van der Waals surface area contributed by atoms with Crippen molar-refractivity contribution in [3.63, 3.8) is 0 Å². The van der Waals surface area contributed by atoms with Gasteiger partial charge in [0.15, 0.2) is 11.5 Å². The number of aromatic nitrogens is 1. The molecule has 1 aromatic carbocycles. The number of benzene rings is 1. The number of aliphatic hydroxyl groups is 1. The lowest BCUT2D eigenvalue weighted by Gasteiger charge is -2.42. The summed E-state index contributed by atoms with van der Waals surface area (Å²) < 4.78 is 5.35. The first-order chi connectivity index (χ1) is 11.7. The molecule has 24 heavy (non-hydrogen) atoms. The number of amides is 1. The molecule has 2 aromatic rings. The number of hydrogen-bond donors (Lipinski definition) is 1. The summed E-state index contributed by atoms with van der Waals surface area (Å²) >= 11 is 0. The molecule has 1 N–H and O–H groups in total. The predicted octanol–water partition coefficient (Wildman–Crippen LogP) is 3.11. The predicted molar refractivity (Wildman–Crippen MR) is 89.4 cm³/mol. The zero-order valence-electron chi connectivity index (χ0n) is 13.6. The number of aliphatic hydroxyl groups excluding tert-OH is 1. The molecule has 2 aliphatic rings. The minimum absolute atomic E-state index is 0.0980. The molecule has 0 radical (unpaired) electrons. The van der Waals surface area contributed by atoms with Crippen LogP contribution in [0.5, 0.6) is 0 Å². The molecule has 2 fully saturated rings. The van der Waals surface area contributed by atoms with Crippen molar-refractivity contribution >= 4 is 5.91 Å². The summed E-state index contributed by atoms with van der Waals surface area (Å²) in [5, 5.41) is 14.3. The highest BCUT2D eigenvalue weighted by Gasteiger charge is 2.45. The van der Waals surface area contributed by atoms with E-state index in [0.717, 1.165) is 44.2 Å². The highest BCUT2D eigenvalue weighted by molar-refractivity contribution is 5.93. The summed E-state index contributed by atoms with van der Waals surface area (Å²) in [6.45, 7) is 1.35. The fraction of sp³-hybridized carbons (Fsp3) is 0.474. The van der Waals surface area contributed by atoms with Crippen LogP contribution in [0.4, 0.5) is 0 Å². The molecule has 1 aliphatic carbocycles. The topological polar surface area (TPSA) is 66.6 Å². The van der Waals surface area contributed by atoms with Crippen LogP contribution in [0, 0.1) is 5.41 Å². The van der Waals surface area contributed by atoms with Crippen molar-refractivity contribution in [2.75, 3.05) is 13.1 Å². The van der Waals surface area contributed by atoms with E-state index in [0.29, 0.717) is 18.0 Å². The number of rotatable bonds is 2. The number of piperidine rings is 1. The molecule has 2 heterocycles. The molecule has 1 aliphatic heterocycles. The molecule has 5 nitrogen and oxygen atoms in total. The Morgan fingerprint density at radius 3 is 2.79 bits per heavy atom. The Morgan fingerprint density at radius 2 is 2.04 bits per heavy atom. The van der Waals surface area contributed by atoms with Gasteiger partial charge in [-0.15, -0.1) is 0 Å². The molecule has 1 spiro atoms. The minimum Gasteiger partial charge on any atom is -0.392 e. The van der Waals surface area contributed by atoms with Gasteiger partial charge in [0.25, 0.3) is 5.91 Å². The molecule has 1 amide bonds. The zero-order valence-corrected chi connectivity index (χ0v) is 13.6. The Labute approximate surface area is 141 Å². The lowest BCUT2D eigenvalue weighted by atomic mass is 9.76. The van der Waals surface area contributed by atoms with E-state index >= 15 is 0 Å². The number of carbonyl (C=O) groups excluding carboxylic acids is 1. The van der Waals surface area contributed by atoms with E-state index < -0.39 is 0 Å². The summed E-state index contributed by atoms with van der Waals surface area (Å²) in [6, 6.07) is 11.4. The fourth-order valence-corrected chi connectivity index (χ4v) is 4.21. The van der Waals surface area contributed by atoms with Crippen LogP contribution < -0.4 is 0 Å². The van der Waals surface area contributed by atoms with E-state index in [9.17, 15) is 9.90 Å². The van der Waals surface area contributed by atoms with E-state index in [2.05, 4.69) is 5.16 Å². The lowest BCUT2D eigenvalue weighted by Crippen LogP contribution is -2.49. The van der Waals surface area contributed by atoms with Gasteiger partial charge >= 0.3 is 0 Å². The first kappa shape index (κ1) is 15.4. The van der Waals surface area contributed by atoms with Gasteiger partial charge in [0.05, 0.1) is 6.10 Å². The van der Waals surface area contributed by atoms with Gasteiger partial charge in [-0.3, -0.25) is 4.79 Å². The summed E-state index contributed by atoms with van der Waals surface area (Å²) in [5.74, 6) is 0.505. The largest absolute Gasteiger partial charge is 0.392 e. The SMILES string of the molecule is O=C(c1cc(-c2ccccc2)on1)N1CCC[C@@]2(CCC[C@H]2O)C1. The van der Waals surface area contributed by atoms with Gasteiger partial charge in [-0.05, 0) is 25.7 Å². The van der Waals surface area contributed by atoms with Gasteiger partial charge in [0.1, 0.15) is 0 Å². The Morgan fingerprint density at radius 1 is 1.25 bits per heavy atom. The van der Waals surface area contributed by atoms with Gasteiger partial charge in [-0.1, -0.05) is 41.9 Å². The van der Waals surface area contributed by atoms with Gasteiger partial charge in [-0.25, -0.2) is 0 Å². The minimum atomic E-state index is -0.287. The van der Waals surface area contributed by atoms with Crippen LogP contribution in [-0.2, 0) is 0 Å². The maximum atomic E-state index is 12.8. The van der Waals surface area contributed by atoms with E-state index in [4.69, 9.17) is 4.52 Å². The van der Waals surface area contributed by atoms with E-state index in [1.807, 2.05) is 35.2 Å². The first-order valence-electron chi connectivity index (χ1n) is 8.67. The molecular weight excluding hydrogens is 304 g/mol. The molecule has 4 rings (SSSR count). The van der Waals surface area contributed by atoms with Crippen molar-refractivity contribution in [1.82, 2.24) is 10.1 Å². The molecule has 0 unspecified atom stereocenters. The number of likely N-dealkylation sites (tertiary alicyclic amines) is 1. The lowest BCUT2D eigenvalue weighted by molar-refractivity contribution is -0.00566. The molecular formula is C19H22N2O3. The number of hydrogen-bond acceptors (Lipinski definition) is 4. The molecule has 1 saturated carbocycles. The van der Waals surface area contributed by atoms with Crippen molar-refractivity contribution in [2.45, 2.75) is 38.2 Å². The smallest absolute Gasteiger partial charge is 0.276 e. The van der Waals surface area contributed by atoms with Crippen LogP contribution in [0.15, 0.2) is 40.9 Å². The molecule has 0 bridgehead atoms. The molecule has 1 aromatic heterocycles. The normalized spacial score (nSPS) is 26.9. The van der Waals surface area contributed by atoms with E-state index in [-0.39, 0.29) is 17.4 Å². The number of nitrogens with zero attached hydrogens (tertiary/aromatic N) is 2. The highest BCUT2D eigenvalue weighted by atomic mass is 16.5. The zero-order chi connectivity index (χ0) is 16.6. The Hall–Kier alpha value is -2.14. The van der Waals surface area contributed by atoms with Crippen LogP contribution in [0.25, 0.3) is 11.3 Å². The maximum absolute atomic E-state index is 12.8. The third-order valence-corrected chi connectivity index (χ3v) is 5.54. The van der Waals surface area contributed by atoms with Crippen molar-refractivity contribution in [1.29, 1.82) is 0 Å². The standard InChI is InChI=1S/C19H22N2O3/c22-17-8-4-9-19(17)10-5-11-21(13-19)18(23)15-12-16(24-20-15)14-6-2-1-3-7-14/h1-3,6-7,12,17,22H,4-5,8-11,13H2/t17-,19+/m1/s1. The second-order valence-corrected chi connectivity index (χ2v) is 7.04. The van der Waals surface area contributed by atoms with Crippen LogP contribution in [0.2, 0.25) is 0 Å². The molecule has 2 atom stereocenters. The van der Waals surface area contributed by atoms with Gasteiger partial charge in [0.2, 0.25) is 0 Å². The Bertz CT molecular complexity index is 727. The Kier molecular flexibility index (Phi) is 3.88. The summed E-state index contributed by atoms with van der Waals surface area (Å²) in [4.78, 5) is 14.7. The second kappa shape index (κ2) is 6.06. The van der Waals surface area contributed by atoms with Crippen molar-refractivity contribution in [2.24, 2.45) is 5.41 Å². The van der Waals surface area contributed by atoms with Gasteiger partial charge in [-0.2, -0.15) is 0 Å². The molecule has 1 saturated heterocycles. The van der Waals surface area contributed by atoms with Crippen LogP contribution in [0.1, 0.15) is 42.6 Å². The molecule has 5 heteroatoms. The van der Waals surface area contributed by atoms with Crippen molar-refractivity contribution < 1.29 is 14.4 Å². The fourth-order valence-electron chi connectivity index (χ4n) is 4.21. The average Bonchev–Trinajstić information content (AvgIpc) is 3.24. The highest BCUT2D eigenvalue weighted by Crippen LogP contribution is 2.45. The quantitative estimate of drug-likeness (QED) is 0.921. The third-order valence-electron chi connectivity index (χ3n) is 5.54. The van der Waals surface area contributed by atoms with E-state index in [1.165, 1.54) is 0 Å². The maximum Gasteiger partial charge on any atom is 0.276 e. The van der Waals surface area contributed by atoms with Gasteiger partial charge in [0, 0.05) is 30.1 Å². The number of carbonyl (C=O) groups is 1. The van der Waals surface area contributed by atoms with Crippen LogP contribution >= 0.6 is 0 Å². The summed E-state index contributed by atoms with van der Waals surface area (Å²) in [5.41, 5.74) is 1.14. The second-order valence-electron chi connectivity index (χ2n) is 7.04. The van der Waals surface area contributed by atoms with Crippen LogP contribution in [0.3, 0.4) is 0 Å². The summed E-state index contributed by atoms with van der Waals surface area (Å²) in [6.07, 6.45) is 4.56. The summed E-state index contributed by atoms with van der Waals surface area (Å²) in [7, 11) is 0. The average molecular weight is 326 g/mol. The van der Waals surface area contributed by atoms with Crippen molar-refractivity contribution in [3.8, 4) is 11.3 Å². The van der Waals surface area contributed by atoms with Crippen molar-refractivity contribution in [3.05, 3.63) is 42.1 Å². The van der Waals surface area contributed by atoms with E-state index in [1.54, 1.807) is 6.07 Å². The Balaban J connectivity index is 1.53. The first-order valence-corrected chi connectivity index (χ1v) is 8.67. The monoisotopic (exact) mass is 326 g/mol.